The summed E-state index contributed by atoms with van der Waals surface area (Å²) in [5, 5.41) is 2.53. The van der Waals surface area contributed by atoms with Crippen molar-refractivity contribution in [2.24, 2.45) is 0 Å². The smallest absolute Gasteiger partial charge is 0.222 e. The fourth-order valence-electron chi connectivity index (χ4n) is 0.660. The average molecular weight is 167 g/mol. The summed E-state index contributed by atoms with van der Waals surface area (Å²) < 4.78 is 0. The summed E-state index contributed by atoms with van der Waals surface area (Å²) in [5.74, 6) is 0.364. The number of amides is 1. The number of aromatic nitrogens is 1. The highest BCUT2D eigenvalue weighted by atomic mass is 32.1. The van der Waals surface area contributed by atoms with E-state index in [0.29, 0.717) is 10.7 Å². The van der Waals surface area contributed by atoms with Crippen molar-refractivity contribution in [2.45, 2.75) is 11.8 Å². The lowest BCUT2D eigenvalue weighted by Crippen LogP contribution is -2.06. The topological polar surface area (TPSA) is 42.0 Å². The van der Waals surface area contributed by atoms with Crippen molar-refractivity contribution in [3.8, 4) is 0 Å². The minimum absolute atomic E-state index is 0.141. The molecule has 3 nitrogen and oxygen atoms in total. The maximum Gasteiger partial charge on any atom is 0.222 e. The van der Waals surface area contributed by atoms with Gasteiger partial charge in [0.1, 0.15) is 5.82 Å². The summed E-state index contributed by atoms with van der Waals surface area (Å²) in [6.45, 7) is 1.43. The van der Waals surface area contributed by atoms with E-state index in [1.54, 1.807) is 18.3 Å². The van der Waals surface area contributed by atoms with Crippen molar-refractivity contribution in [1.82, 2.24) is 4.98 Å². The quantitative estimate of drug-likeness (QED) is 0.690. The highest BCUT2D eigenvalue weighted by Gasteiger charge is 1.95. The van der Waals surface area contributed by atoms with Gasteiger partial charge in [0, 0.05) is 18.0 Å². The van der Waals surface area contributed by atoms with E-state index < -0.39 is 0 Å². The molecule has 0 atom stereocenters. The van der Waals surface area contributed by atoms with E-state index in [-0.39, 0.29) is 5.91 Å². The Bertz CT molecular complexity index is 275. The molecule has 0 spiro atoms. The Balaban J connectivity index is 2.79. The zero-order valence-electron chi connectivity index (χ0n) is 6.00. The molecule has 1 aromatic heterocycles. The van der Waals surface area contributed by atoms with E-state index in [0.717, 1.165) is 0 Å². The molecule has 57 valence electrons. The van der Waals surface area contributed by atoms with Gasteiger partial charge in [0.05, 0.1) is 0 Å². The van der Waals surface area contributed by atoms with Crippen LogP contribution in [0.25, 0.3) is 0 Å². The third-order valence-electron chi connectivity index (χ3n) is 1.04. The van der Waals surface area contributed by atoms with Crippen molar-refractivity contribution >= 4 is 24.4 Å². The molecule has 0 saturated heterocycles. The Hall–Kier alpha value is -1.16. The molecular weight excluding hydrogens is 160 g/mol. The molecule has 11 heavy (non-hydrogen) atoms. The zero-order valence-corrected chi connectivity index (χ0v) is 6.81. The summed E-state index contributed by atoms with van der Waals surface area (Å²) in [6.07, 6.45) is 1.56. The number of hydrogen-bond donors (Lipinski definition) is 1. The number of anilines is 1. The lowest BCUT2D eigenvalue weighted by Gasteiger charge is -1.98. The van der Waals surface area contributed by atoms with Gasteiger partial charge in [0.2, 0.25) is 5.91 Å². The predicted molar refractivity (Wildman–Crippen MR) is 44.4 cm³/mol. The molecule has 0 bridgehead atoms. The fourth-order valence-corrected chi connectivity index (χ4v) is 0.832. The number of carbonyl (C=O) groups is 1. The van der Waals surface area contributed by atoms with E-state index in [4.69, 9.17) is 12.6 Å². The van der Waals surface area contributed by atoms with Gasteiger partial charge < -0.3 is 5.32 Å². The van der Waals surface area contributed by atoms with Crippen LogP contribution in [0.15, 0.2) is 23.2 Å². The Morgan fingerprint density at radius 1 is 1.73 bits per heavy atom. The highest BCUT2D eigenvalue weighted by Crippen LogP contribution is 2.09. The Labute approximate surface area is 70.2 Å². The Kier molecular flexibility index (Phi) is 2.38. The molecule has 0 aliphatic carbocycles. The number of pyridine rings is 1. The number of nitrogens with zero attached hydrogens (tertiary/aromatic N) is 1. The van der Waals surface area contributed by atoms with Crippen LogP contribution in [-0.4, -0.2) is 10.9 Å². The Morgan fingerprint density at radius 2 is 2.45 bits per heavy atom. The van der Waals surface area contributed by atoms with Crippen molar-refractivity contribution in [2.75, 3.05) is 5.32 Å². The summed E-state index contributed by atoms with van der Waals surface area (Å²) >= 11 is 4.86. The normalized spacial score (nSPS) is 9.18. The van der Waals surface area contributed by atoms with Gasteiger partial charge in [-0.3, -0.25) is 4.79 Å². The first-order valence-electron chi connectivity index (χ1n) is 3.09. The van der Waals surface area contributed by atoms with E-state index in [1.165, 1.54) is 6.92 Å². The van der Waals surface area contributed by atoms with Crippen LogP contribution < -0.4 is 5.32 Å². The lowest BCUT2D eigenvalue weighted by atomic mass is 10.4. The third kappa shape index (κ3) is 2.51. The van der Waals surface area contributed by atoms with Crippen molar-refractivity contribution < 1.29 is 4.79 Å². The Morgan fingerprint density at radius 3 is 3.00 bits per heavy atom. The van der Waals surface area contributed by atoms with E-state index in [9.17, 15) is 4.79 Å². The van der Waals surface area contributed by atoms with Crippen molar-refractivity contribution in [3.63, 3.8) is 0 Å². The van der Waals surface area contributed by atoms with Crippen LogP contribution in [0.5, 0.6) is 0 Å². The zero-order chi connectivity index (χ0) is 8.27. The minimum Gasteiger partial charge on any atom is -0.311 e. The molecule has 0 aliphatic rings. The molecule has 1 amide bonds. The fraction of sp³-hybridized carbons (Fsp3) is 0.143. The standard InChI is InChI=1S/C7H7N2OS/c1-5(10)9-7-4-6(11)2-3-8-7/h2-4H,1H3,(H,8,9,10). The van der Waals surface area contributed by atoms with Gasteiger partial charge in [0.15, 0.2) is 0 Å². The molecule has 1 radical (unpaired) electrons. The molecular formula is C7H7N2OS. The molecule has 1 aromatic rings. The second-order valence-electron chi connectivity index (χ2n) is 2.06. The van der Waals surface area contributed by atoms with Gasteiger partial charge in [0.25, 0.3) is 0 Å². The predicted octanol–water partition coefficient (Wildman–Crippen LogP) is 1.60. The van der Waals surface area contributed by atoms with E-state index in [2.05, 4.69) is 10.3 Å². The van der Waals surface area contributed by atoms with Crippen molar-refractivity contribution in [1.29, 1.82) is 0 Å². The lowest BCUT2D eigenvalue weighted by molar-refractivity contribution is -0.114. The van der Waals surface area contributed by atoms with Crippen LogP contribution in [0.4, 0.5) is 5.82 Å². The van der Waals surface area contributed by atoms with Gasteiger partial charge in [-0.05, 0) is 12.1 Å². The second kappa shape index (κ2) is 3.30. The first kappa shape index (κ1) is 7.94. The molecule has 0 unspecified atom stereocenters. The van der Waals surface area contributed by atoms with Gasteiger partial charge in [-0.25, -0.2) is 4.98 Å². The average Bonchev–Trinajstić information content (AvgIpc) is 1.85. The van der Waals surface area contributed by atoms with Crippen LogP contribution >= 0.6 is 12.6 Å². The number of carbonyl (C=O) groups excluding carboxylic acids is 1. The molecule has 1 heterocycles. The first-order valence-corrected chi connectivity index (χ1v) is 3.50. The SMILES string of the molecule is CC(=O)Nc1cc([S])ccn1. The third-order valence-corrected chi connectivity index (χ3v) is 1.29. The summed E-state index contributed by atoms with van der Waals surface area (Å²) in [7, 11) is 0. The van der Waals surface area contributed by atoms with Crippen LogP contribution in [0, 0.1) is 0 Å². The molecule has 1 N–H and O–H groups in total. The summed E-state index contributed by atoms with van der Waals surface area (Å²) in [4.78, 5) is 15.1. The van der Waals surface area contributed by atoms with Gasteiger partial charge >= 0.3 is 0 Å². The van der Waals surface area contributed by atoms with E-state index in [1.807, 2.05) is 0 Å². The van der Waals surface area contributed by atoms with Gasteiger partial charge in [-0.2, -0.15) is 0 Å². The number of nitrogens with one attached hydrogen (secondary N) is 1. The molecule has 1 rings (SSSR count). The van der Waals surface area contributed by atoms with Crippen LogP contribution in [0.2, 0.25) is 0 Å². The maximum absolute atomic E-state index is 10.5. The van der Waals surface area contributed by atoms with Crippen molar-refractivity contribution in [3.05, 3.63) is 18.3 Å². The largest absolute Gasteiger partial charge is 0.311 e. The summed E-state index contributed by atoms with van der Waals surface area (Å²) in [6, 6.07) is 3.33. The van der Waals surface area contributed by atoms with Crippen LogP contribution in [-0.2, 0) is 4.79 Å². The number of rotatable bonds is 1. The molecule has 0 fully saturated rings. The second-order valence-corrected chi connectivity index (χ2v) is 2.53. The van der Waals surface area contributed by atoms with E-state index >= 15 is 0 Å². The summed E-state index contributed by atoms with van der Waals surface area (Å²) in [5.41, 5.74) is 0. The molecule has 0 aromatic carbocycles. The number of hydrogen-bond acceptors (Lipinski definition) is 2. The molecule has 0 saturated carbocycles. The van der Waals surface area contributed by atoms with Crippen LogP contribution in [0.3, 0.4) is 0 Å². The highest BCUT2D eigenvalue weighted by molar-refractivity contribution is 7.80. The monoisotopic (exact) mass is 167 g/mol. The molecule has 4 heteroatoms. The van der Waals surface area contributed by atoms with Gasteiger partial charge in [-0.15, -0.1) is 0 Å². The minimum atomic E-state index is -0.141. The van der Waals surface area contributed by atoms with Crippen LogP contribution in [0.1, 0.15) is 6.92 Å². The maximum atomic E-state index is 10.5. The first-order chi connectivity index (χ1) is 5.18. The van der Waals surface area contributed by atoms with Gasteiger partial charge in [-0.1, -0.05) is 12.6 Å². The molecule has 0 aliphatic heterocycles.